The van der Waals surface area contributed by atoms with Crippen LogP contribution < -0.4 is 0 Å². The van der Waals surface area contributed by atoms with Gasteiger partial charge in [-0.1, -0.05) is 32.4 Å². The molecule has 2 saturated heterocycles. The van der Waals surface area contributed by atoms with Crippen molar-refractivity contribution in [2.75, 3.05) is 72.6 Å². The standard InChI is InChI=1S/C32H47N5O6/c1-23-27(30(38)42-5)29(25-10-9-11-26(20-25)37(40)41)28(24(2)33-23)31(39)43-22-32(3,4)21-36-18-16-35(17-19-36)15-14-34-12-7-6-8-13-34/h9-11,20,27,29H,6-8,12-19,21-22H2,1-5H3. The summed E-state index contributed by atoms with van der Waals surface area (Å²) in [6.07, 6.45) is 3.99. The van der Waals surface area contributed by atoms with E-state index in [9.17, 15) is 19.7 Å². The van der Waals surface area contributed by atoms with Gasteiger partial charge in [0.15, 0.2) is 0 Å². The molecule has 11 nitrogen and oxygen atoms in total. The van der Waals surface area contributed by atoms with E-state index in [4.69, 9.17) is 9.47 Å². The van der Waals surface area contributed by atoms with E-state index >= 15 is 0 Å². The third-order valence-electron chi connectivity index (χ3n) is 8.84. The van der Waals surface area contributed by atoms with E-state index < -0.39 is 28.7 Å². The zero-order valence-electron chi connectivity index (χ0n) is 26.3. The van der Waals surface area contributed by atoms with Crippen LogP contribution in [0.25, 0.3) is 0 Å². The molecule has 3 heterocycles. The average Bonchev–Trinajstić information content (AvgIpc) is 2.99. The summed E-state index contributed by atoms with van der Waals surface area (Å²) >= 11 is 0. The lowest BCUT2D eigenvalue weighted by Gasteiger charge is -2.39. The maximum atomic E-state index is 13.7. The highest BCUT2D eigenvalue weighted by Gasteiger charge is 2.43. The number of benzene rings is 1. The second kappa shape index (κ2) is 14.5. The van der Waals surface area contributed by atoms with Crippen LogP contribution >= 0.6 is 0 Å². The fourth-order valence-electron chi connectivity index (χ4n) is 6.55. The molecule has 0 N–H and O–H groups in total. The van der Waals surface area contributed by atoms with Crippen molar-refractivity contribution in [3.8, 4) is 0 Å². The number of hydrogen-bond donors (Lipinski definition) is 0. The van der Waals surface area contributed by atoms with Gasteiger partial charge in [-0.15, -0.1) is 0 Å². The van der Waals surface area contributed by atoms with Crippen LogP contribution in [0.4, 0.5) is 5.69 Å². The fourth-order valence-corrected chi connectivity index (χ4v) is 6.55. The van der Waals surface area contributed by atoms with Crippen molar-refractivity contribution in [2.24, 2.45) is 16.3 Å². The van der Waals surface area contributed by atoms with E-state index in [1.54, 1.807) is 26.0 Å². The Bertz CT molecular complexity index is 1230. The van der Waals surface area contributed by atoms with E-state index in [1.807, 2.05) is 0 Å². The third kappa shape index (κ3) is 8.49. The van der Waals surface area contributed by atoms with E-state index in [0.29, 0.717) is 17.0 Å². The van der Waals surface area contributed by atoms with Crippen LogP contribution in [0, 0.1) is 21.4 Å². The first kappa shape index (κ1) is 32.8. The van der Waals surface area contributed by atoms with Crippen molar-refractivity contribution in [1.82, 2.24) is 14.7 Å². The van der Waals surface area contributed by atoms with Gasteiger partial charge in [0.25, 0.3) is 5.69 Å². The van der Waals surface area contributed by atoms with Gasteiger partial charge in [-0.05, 0) is 45.3 Å². The number of non-ortho nitro benzene ring substituents is 1. The Morgan fingerprint density at radius 3 is 2.26 bits per heavy atom. The minimum absolute atomic E-state index is 0.126. The monoisotopic (exact) mass is 597 g/mol. The maximum absolute atomic E-state index is 13.7. The average molecular weight is 598 g/mol. The van der Waals surface area contributed by atoms with Gasteiger partial charge >= 0.3 is 11.9 Å². The number of allylic oxidation sites excluding steroid dienone is 1. The van der Waals surface area contributed by atoms with Gasteiger partial charge in [0.05, 0.1) is 24.2 Å². The minimum Gasteiger partial charge on any atom is -0.468 e. The molecule has 3 aliphatic heterocycles. The Balaban J connectivity index is 1.39. The van der Waals surface area contributed by atoms with Gasteiger partial charge in [-0.3, -0.25) is 24.8 Å². The highest BCUT2D eigenvalue weighted by Crippen LogP contribution is 2.41. The lowest BCUT2D eigenvalue weighted by atomic mass is 9.75. The molecule has 0 aliphatic carbocycles. The van der Waals surface area contributed by atoms with Crippen molar-refractivity contribution in [3.63, 3.8) is 0 Å². The molecule has 2 unspecified atom stereocenters. The highest BCUT2D eigenvalue weighted by molar-refractivity contribution is 6.07. The van der Waals surface area contributed by atoms with Crippen LogP contribution in [-0.2, 0) is 19.1 Å². The molecule has 4 rings (SSSR count). The van der Waals surface area contributed by atoms with Gasteiger partial charge in [0, 0.05) is 80.7 Å². The Hall–Kier alpha value is -3.15. The first-order valence-electron chi connectivity index (χ1n) is 15.4. The molecule has 2 atom stereocenters. The second-order valence-corrected chi connectivity index (χ2v) is 12.8. The molecule has 43 heavy (non-hydrogen) atoms. The first-order valence-corrected chi connectivity index (χ1v) is 15.4. The molecule has 11 heteroatoms. The van der Waals surface area contributed by atoms with Crippen LogP contribution in [0.1, 0.15) is 58.4 Å². The Morgan fingerprint density at radius 2 is 1.63 bits per heavy atom. The number of piperidine rings is 1. The number of carbonyl (C=O) groups excluding carboxylic acids is 2. The topological polar surface area (TPSA) is 118 Å². The zero-order valence-corrected chi connectivity index (χ0v) is 26.3. The fraction of sp³-hybridized carbons (Fsp3) is 0.656. The van der Waals surface area contributed by atoms with Crippen molar-refractivity contribution >= 4 is 23.3 Å². The molecule has 1 aromatic carbocycles. The van der Waals surface area contributed by atoms with Gasteiger partial charge in [-0.2, -0.15) is 0 Å². The number of aliphatic imine (C=N–C) groups is 1. The van der Waals surface area contributed by atoms with E-state index in [2.05, 4.69) is 33.5 Å². The molecular formula is C32H47N5O6. The minimum atomic E-state index is -0.905. The number of methoxy groups -OCH3 is 1. The van der Waals surface area contributed by atoms with Crippen molar-refractivity contribution in [2.45, 2.75) is 52.9 Å². The van der Waals surface area contributed by atoms with E-state index in [0.717, 1.165) is 45.8 Å². The molecule has 0 aromatic heterocycles. The summed E-state index contributed by atoms with van der Waals surface area (Å²) in [5.41, 5.74) is 1.16. The molecule has 3 aliphatic rings. The van der Waals surface area contributed by atoms with Crippen molar-refractivity contribution in [1.29, 1.82) is 0 Å². The summed E-state index contributed by atoms with van der Waals surface area (Å²) in [6, 6.07) is 6.02. The van der Waals surface area contributed by atoms with E-state index in [-0.39, 0.29) is 23.3 Å². The van der Waals surface area contributed by atoms with Crippen LogP contribution in [0.15, 0.2) is 40.5 Å². The molecule has 236 valence electrons. The number of piperazine rings is 1. The highest BCUT2D eigenvalue weighted by atomic mass is 16.6. The van der Waals surface area contributed by atoms with Crippen LogP contribution in [0.3, 0.4) is 0 Å². The van der Waals surface area contributed by atoms with Gasteiger partial charge < -0.3 is 19.3 Å². The number of likely N-dealkylation sites (tertiary alicyclic amines) is 1. The number of carbonyl (C=O) groups is 2. The van der Waals surface area contributed by atoms with Gasteiger partial charge in [0.2, 0.25) is 0 Å². The summed E-state index contributed by atoms with van der Waals surface area (Å²) in [6.45, 7) is 17.3. The SMILES string of the molecule is COC(=O)C1C(C)=NC(C)=C(C(=O)OCC(C)(C)CN2CCN(CCN3CCCCC3)CC2)C1c1cccc([N+](=O)[O-])c1. The number of nitro benzene ring substituents is 1. The molecular weight excluding hydrogens is 550 g/mol. The molecule has 0 radical (unpaired) electrons. The zero-order chi connectivity index (χ0) is 31.1. The molecule has 0 bridgehead atoms. The number of rotatable bonds is 11. The quantitative estimate of drug-likeness (QED) is 0.213. The molecule has 0 amide bonds. The Labute approximate surface area is 255 Å². The number of esters is 2. The normalized spacial score (nSPS) is 22.7. The second-order valence-electron chi connectivity index (χ2n) is 12.8. The number of nitrogens with zero attached hydrogens (tertiary/aromatic N) is 5. The summed E-state index contributed by atoms with van der Waals surface area (Å²) in [5, 5.41) is 11.5. The smallest absolute Gasteiger partial charge is 0.336 e. The predicted octanol–water partition coefficient (Wildman–Crippen LogP) is 3.89. The number of hydrogen-bond acceptors (Lipinski definition) is 10. The molecule has 1 aromatic rings. The molecule has 2 fully saturated rings. The summed E-state index contributed by atoms with van der Waals surface area (Å²) in [5.74, 6) is -2.86. The van der Waals surface area contributed by atoms with Crippen LogP contribution in [0.2, 0.25) is 0 Å². The van der Waals surface area contributed by atoms with Crippen molar-refractivity contribution < 1.29 is 24.0 Å². The summed E-state index contributed by atoms with van der Waals surface area (Å²) < 4.78 is 11.0. The molecule has 0 saturated carbocycles. The number of ether oxygens (including phenoxy) is 2. The lowest BCUT2D eigenvalue weighted by molar-refractivity contribution is -0.384. The van der Waals surface area contributed by atoms with Crippen molar-refractivity contribution in [3.05, 3.63) is 51.2 Å². The number of nitro groups is 1. The Kier molecular flexibility index (Phi) is 11.1. The maximum Gasteiger partial charge on any atom is 0.336 e. The predicted molar refractivity (Wildman–Crippen MR) is 165 cm³/mol. The molecule has 0 spiro atoms. The summed E-state index contributed by atoms with van der Waals surface area (Å²) in [4.78, 5) is 49.7. The van der Waals surface area contributed by atoms with Gasteiger partial charge in [0.1, 0.15) is 5.92 Å². The Morgan fingerprint density at radius 1 is 1.00 bits per heavy atom. The van der Waals surface area contributed by atoms with Gasteiger partial charge in [-0.25, -0.2) is 4.79 Å². The summed E-state index contributed by atoms with van der Waals surface area (Å²) in [7, 11) is 1.28. The van der Waals surface area contributed by atoms with Crippen LogP contribution in [-0.4, -0.2) is 110 Å². The van der Waals surface area contributed by atoms with Crippen LogP contribution in [0.5, 0.6) is 0 Å². The lowest BCUT2D eigenvalue weighted by Crippen LogP contribution is -2.51. The largest absolute Gasteiger partial charge is 0.468 e. The third-order valence-corrected chi connectivity index (χ3v) is 8.84. The first-order chi connectivity index (χ1) is 20.5. The van der Waals surface area contributed by atoms with E-state index in [1.165, 1.54) is 51.6 Å².